The minimum atomic E-state index is -0.573. The van der Waals surface area contributed by atoms with Crippen LogP contribution in [0.3, 0.4) is 0 Å². The molecule has 6 nitrogen and oxygen atoms in total. The Balaban J connectivity index is 1.49. The van der Waals surface area contributed by atoms with E-state index < -0.39 is 11.6 Å². The molecule has 2 aromatic carbocycles. The SMILES string of the molecule is CN=C(NCCc1cccc(C(=O)N(C)C)c1)NC1CCN(c2ccc(F)cc2F)C1. The summed E-state index contributed by atoms with van der Waals surface area (Å²) in [6.07, 6.45) is 1.57. The number of guanidine groups is 1. The van der Waals surface area contributed by atoms with Gasteiger partial charge in [-0.25, -0.2) is 8.78 Å². The molecular weight excluding hydrogens is 400 g/mol. The van der Waals surface area contributed by atoms with Crippen LogP contribution in [0.15, 0.2) is 47.5 Å². The van der Waals surface area contributed by atoms with Crippen molar-refractivity contribution >= 4 is 17.6 Å². The topological polar surface area (TPSA) is 60.0 Å². The molecule has 0 radical (unpaired) electrons. The first kappa shape index (κ1) is 22.5. The van der Waals surface area contributed by atoms with E-state index in [1.54, 1.807) is 26.0 Å². The van der Waals surface area contributed by atoms with Crippen molar-refractivity contribution in [1.29, 1.82) is 0 Å². The van der Waals surface area contributed by atoms with Gasteiger partial charge in [-0.05, 0) is 42.7 Å². The number of nitrogens with zero attached hydrogens (tertiary/aromatic N) is 3. The molecule has 3 rings (SSSR count). The molecule has 2 N–H and O–H groups in total. The highest BCUT2D eigenvalue weighted by molar-refractivity contribution is 5.94. The maximum Gasteiger partial charge on any atom is 0.253 e. The lowest BCUT2D eigenvalue weighted by atomic mass is 10.1. The van der Waals surface area contributed by atoms with Crippen LogP contribution >= 0.6 is 0 Å². The number of halogens is 2. The van der Waals surface area contributed by atoms with Crippen molar-refractivity contribution in [1.82, 2.24) is 15.5 Å². The molecule has 1 aliphatic rings. The third kappa shape index (κ3) is 5.93. The van der Waals surface area contributed by atoms with Gasteiger partial charge in [0, 0.05) is 58.4 Å². The van der Waals surface area contributed by atoms with Gasteiger partial charge in [0.05, 0.1) is 5.69 Å². The Bertz CT molecular complexity index is 947. The Morgan fingerprint density at radius 1 is 1.23 bits per heavy atom. The second-order valence-electron chi connectivity index (χ2n) is 7.82. The van der Waals surface area contributed by atoms with Gasteiger partial charge in [0.15, 0.2) is 5.96 Å². The summed E-state index contributed by atoms with van der Waals surface area (Å²) < 4.78 is 27.2. The van der Waals surface area contributed by atoms with E-state index in [0.29, 0.717) is 36.8 Å². The molecule has 1 heterocycles. The number of anilines is 1. The average molecular weight is 430 g/mol. The van der Waals surface area contributed by atoms with E-state index in [9.17, 15) is 13.6 Å². The molecule has 1 atom stereocenters. The Hall–Kier alpha value is -3.16. The fourth-order valence-electron chi connectivity index (χ4n) is 3.67. The summed E-state index contributed by atoms with van der Waals surface area (Å²) in [4.78, 5) is 19.9. The van der Waals surface area contributed by atoms with Crippen LogP contribution in [0.25, 0.3) is 0 Å². The van der Waals surface area contributed by atoms with Crippen molar-refractivity contribution in [3.05, 3.63) is 65.2 Å². The van der Waals surface area contributed by atoms with E-state index in [1.807, 2.05) is 29.2 Å². The van der Waals surface area contributed by atoms with E-state index in [-0.39, 0.29) is 11.9 Å². The zero-order valence-electron chi connectivity index (χ0n) is 18.2. The summed E-state index contributed by atoms with van der Waals surface area (Å²) in [6.45, 7) is 1.95. The van der Waals surface area contributed by atoms with Crippen LogP contribution in [0.5, 0.6) is 0 Å². The van der Waals surface area contributed by atoms with Crippen LogP contribution in [0.4, 0.5) is 14.5 Å². The third-order valence-corrected chi connectivity index (χ3v) is 5.29. The van der Waals surface area contributed by atoms with Crippen molar-refractivity contribution in [2.24, 2.45) is 4.99 Å². The second-order valence-corrected chi connectivity index (χ2v) is 7.82. The maximum atomic E-state index is 14.0. The third-order valence-electron chi connectivity index (χ3n) is 5.29. The molecule has 1 fully saturated rings. The molecule has 0 aromatic heterocycles. The van der Waals surface area contributed by atoms with Crippen LogP contribution in [0.2, 0.25) is 0 Å². The highest BCUT2D eigenvalue weighted by atomic mass is 19.1. The number of aliphatic imine (C=N–C) groups is 1. The van der Waals surface area contributed by atoms with Gasteiger partial charge in [-0.2, -0.15) is 0 Å². The normalized spacial score (nSPS) is 16.4. The van der Waals surface area contributed by atoms with Crippen molar-refractivity contribution in [3.63, 3.8) is 0 Å². The van der Waals surface area contributed by atoms with Crippen molar-refractivity contribution < 1.29 is 13.6 Å². The van der Waals surface area contributed by atoms with Crippen LogP contribution < -0.4 is 15.5 Å². The molecule has 1 aliphatic heterocycles. The van der Waals surface area contributed by atoms with Gasteiger partial charge in [0.2, 0.25) is 0 Å². The quantitative estimate of drug-likeness (QED) is 0.548. The molecule has 2 aromatic rings. The molecule has 1 amide bonds. The second kappa shape index (κ2) is 10.2. The molecule has 0 aliphatic carbocycles. The summed E-state index contributed by atoms with van der Waals surface area (Å²) in [6, 6.07) is 11.4. The van der Waals surface area contributed by atoms with Gasteiger partial charge in [0.25, 0.3) is 5.91 Å². The predicted octanol–water partition coefficient (Wildman–Crippen LogP) is 2.65. The van der Waals surface area contributed by atoms with Crippen molar-refractivity contribution in [2.75, 3.05) is 45.7 Å². The standard InChI is InChI=1S/C23H29F2N5O/c1-26-23(27-11-9-16-5-4-6-17(13-16)22(31)29(2)3)28-19-10-12-30(15-19)21-8-7-18(24)14-20(21)25/h4-8,13-14,19H,9-12,15H2,1-3H3,(H2,26,27,28). The predicted molar refractivity (Wildman–Crippen MR) is 120 cm³/mol. The lowest BCUT2D eigenvalue weighted by Crippen LogP contribution is -2.45. The molecule has 1 saturated heterocycles. The number of carbonyl (C=O) groups excluding carboxylic acids is 1. The van der Waals surface area contributed by atoms with Gasteiger partial charge in [-0.3, -0.25) is 9.79 Å². The summed E-state index contributed by atoms with van der Waals surface area (Å²) in [5.41, 5.74) is 2.15. The summed E-state index contributed by atoms with van der Waals surface area (Å²) in [5, 5.41) is 6.66. The first-order valence-corrected chi connectivity index (χ1v) is 10.3. The van der Waals surface area contributed by atoms with Gasteiger partial charge in [-0.1, -0.05) is 12.1 Å². The van der Waals surface area contributed by atoms with Crippen molar-refractivity contribution in [3.8, 4) is 0 Å². The highest BCUT2D eigenvalue weighted by Gasteiger charge is 2.25. The molecule has 31 heavy (non-hydrogen) atoms. The summed E-state index contributed by atoms with van der Waals surface area (Å²) in [7, 11) is 5.18. The van der Waals surface area contributed by atoms with Crippen LogP contribution in [0.1, 0.15) is 22.3 Å². The first-order chi connectivity index (χ1) is 14.9. The number of amides is 1. The lowest BCUT2D eigenvalue weighted by molar-refractivity contribution is 0.0827. The minimum Gasteiger partial charge on any atom is -0.367 e. The van der Waals surface area contributed by atoms with E-state index in [4.69, 9.17) is 0 Å². The van der Waals surface area contributed by atoms with E-state index >= 15 is 0 Å². The summed E-state index contributed by atoms with van der Waals surface area (Å²) in [5.74, 6) is -0.461. The highest BCUT2D eigenvalue weighted by Crippen LogP contribution is 2.24. The van der Waals surface area contributed by atoms with Crippen LogP contribution in [-0.4, -0.2) is 63.6 Å². The monoisotopic (exact) mass is 429 g/mol. The fraction of sp³-hybridized carbons (Fsp3) is 0.391. The van der Waals surface area contributed by atoms with Crippen molar-refractivity contribution in [2.45, 2.75) is 18.9 Å². The lowest BCUT2D eigenvalue weighted by Gasteiger charge is -2.21. The number of nitrogens with one attached hydrogen (secondary N) is 2. The largest absolute Gasteiger partial charge is 0.367 e. The number of rotatable bonds is 6. The van der Waals surface area contributed by atoms with Gasteiger partial charge >= 0.3 is 0 Å². The average Bonchev–Trinajstić information content (AvgIpc) is 3.20. The van der Waals surface area contributed by atoms with Gasteiger partial charge in [-0.15, -0.1) is 0 Å². The number of benzene rings is 2. The maximum absolute atomic E-state index is 14.0. The Labute approximate surface area is 182 Å². The van der Waals surface area contributed by atoms with Crippen LogP contribution in [-0.2, 0) is 6.42 Å². The molecule has 0 bridgehead atoms. The molecule has 0 saturated carbocycles. The smallest absolute Gasteiger partial charge is 0.253 e. The molecule has 166 valence electrons. The minimum absolute atomic E-state index is 0.0179. The zero-order valence-corrected chi connectivity index (χ0v) is 18.2. The van der Waals surface area contributed by atoms with E-state index in [0.717, 1.165) is 24.5 Å². The van der Waals surface area contributed by atoms with E-state index in [1.165, 1.54) is 12.1 Å². The number of carbonyl (C=O) groups is 1. The van der Waals surface area contributed by atoms with Crippen LogP contribution in [0, 0.1) is 11.6 Å². The zero-order chi connectivity index (χ0) is 22.4. The summed E-state index contributed by atoms with van der Waals surface area (Å²) >= 11 is 0. The first-order valence-electron chi connectivity index (χ1n) is 10.3. The van der Waals surface area contributed by atoms with Gasteiger partial charge < -0.3 is 20.4 Å². The molecule has 8 heteroatoms. The van der Waals surface area contributed by atoms with E-state index in [2.05, 4.69) is 15.6 Å². The molecular formula is C23H29F2N5O. The number of hydrogen-bond donors (Lipinski definition) is 2. The Morgan fingerprint density at radius 3 is 2.74 bits per heavy atom. The Morgan fingerprint density at radius 2 is 2.03 bits per heavy atom. The van der Waals surface area contributed by atoms with Gasteiger partial charge in [0.1, 0.15) is 11.6 Å². The fourth-order valence-corrected chi connectivity index (χ4v) is 3.67. The molecule has 1 unspecified atom stereocenters. The number of hydrogen-bond acceptors (Lipinski definition) is 3. The Kier molecular flexibility index (Phi) is 7.44. The molecule has 0 spiro atoms.